The number of esters is 1. The normalized spacial score (nSPS) is 11.9. The van der Waals surface area contributed by atoms with Crippen LogP contribution in [0.1, 0.15) is 30.0 Å². The Bertz CT molecular complexity index is 2260. The molecule has 0 aliphatic heterocycles. The van der Waals surface area contributed by atoms with Gasteiger partial charge in [0.15, 0.2) is 5.52 Å². The smallest absolute Gasteiger partial charge is 0.309 e. The quantitative estimate of drug-likeness (QED) is 0.135. The Balaban J connectivity index is 0.000000214. The molecule has 0 fully saturated rings. The second-order valence-electron chi connectivity index (χ2n) is 10.8. The third kappa shape index (κ3) is 5.04. The average molecular weight is 594 g/mol. The summed E-state index contributed by atoms with van der Waals surface area (Å²) in [4.78, 5) is 11.9. The molecule has 7 rings (SSSR count). The van der Waals surface area contributed by atoms with Crippen LogP contribution in [0.15, 0.2) is 83.8 Å². The highest BCUT2D eigenvalue weighted by molar-refractivity contribution is 7.85. The van der Waals surface area contributed by atoms with Crippen molar-refractivity contribution in [3.05, 3.63) is 95.6 Å². The first-order chi connectivity index (χ1) is 20.6. The van der Waals surface area contributed by atoms with Gasteiger partial charge in [-0.1, -0.05) is 75.8 Å². The molecular weight excluding hydrogens is 562 g/mol. The zero-order valence-electron chi connectivity index (χ0n) is 24.4. The highest BCUT2D eigenvalue weighted by Crippen LogP contribution is 2.37. The maximum atomic E-state index is 12.0. The molecule has 7 aromatic rings. The van der Waals surface area contributed by atoms with Gasteiger partial charge in [0, 0.05) is 16.8 Å². The number of hydrogen-bond acceptors (Lipinski definition) is 6. The van der Waals surface area contributed by atoms with Gasteiger partial charge in [-0.15, -0.1) is 0 Å². The molecule has 0 atom stereocenters. The highest BCUT2D eigenvalue weighted by Gasteiger charge is 2.24. The number of rotatable bonds is 5. The zero-order chi connectivity index (χ0) is 30.5. The second-order valence-corrected chi connectivity index (χ2v) is 12.1. The number of carbonyl (C=O) groups is 1. The molecule has 218 valence electrons. The van der Waals surface area contributed by atoms with Gasteiger partial charge in [-0.25, -0.2) is 13.0 Å². The van der Waals surface area contributed by atoms with Gasteiger partial charge in [-0.05, 0) is 67.1 Å². The van der Waals surface area contributed by atoms with Crippen LogP contribution in [0.2, 0.25) is 0 Å². The van der Waals surface area contributed by atoms with Crippen LogP contribution in [0.4, 0.5) is 0 Å². The van der Waals surface area contributed by atoms with Crippen molar-refractivity contribution in [2.45, 2.75) is 45.6 Å². The van der Waals surface area contributed by atoms with E-state index in [1.54, 1.807) is 26.0 Å². The first kappa shape index (κ1) is 28.5. The van der Waals surface area contributed by atoms with Crippen molar-refractivity contribution in [2.24, 2.45) is 0 Å². The van der Waals surface area contributed by atoms with Crippen LogP contribution in [0.3, 0.4) is 0 Å². The summed E-state index contributed by atoms with van der Waals surface area (Å²) in [7, 11) is -4.33. The Morgan fingerprint density at radius 2 is 1.58 bits per heavy atom. The molecule has 0 radical (unpaired) electrons. The van der Waals surface area contributed by atoms with E-state index in [9.17, 15) is 17.8 Å². The van der Waals surface area contributed by atoms with Crippen LogP contribution in [0.5, 0.6) is 0 Å². The monoisotopic (exact) mass is 593 g/mol. The van der Waals surface area contributed by atoms with Gasteiger partial charge < -0.3 is 9.29 Å². The summed E-state index contributed by atoms with van der Waals surface area (Å²) in [6.45, 7) is 7.90. The second kappa shape index (κ2) is 10.9. The number of carbonyl (C=O) groups excluding carboxylic acids is 1. The third-order valence-electron chi connectivity index (χ3n) is 7.77. The van der Waals surface area contributed by atoms with Gasteiger partial charge >= 0.3 is 11.6 Å². The molecule has 8 nitrogen and oxygen atoms in total. The van der Waals surface area contributed by atoms with Crippen molar-refractivity contribution in [3.63, 3.8) is 0 Å². The molecule has 43 heavy (non-hydrogen) atoms. The summed E-state index contributed by atoms with van der Waals surface area (Å²) in [6.07, 6.45) is 0.328. The Kier molecular flexibility index (Phi) is 7.23. The minimum Gasteiger partial charge on any atom is -0.744 e. The molecule has 0 amide bonds. The summed E-state index contributed by atoms with van der Waals surface area (Å²) in [5, 5.41) is 11.1. The summed E-state index contributed by atoms with van der Waals surface area (Å²) in [5.74, 6) is -0.181. The Hall–Kier alpha value is -4.60. The first-order valence-electron chi connectivity index (χ1n) is 14.1. The predicted octanol–water partition coefficient (Wildman–Crippen LogP) is 6.14. The van der Waals surface area contributed by atoms with E-state index < -0.39 is 10.1 Å². The van der Waals surface area contributed by atoms with Crippen molar-refractivity contribution in [2.75, 3.05) is 6.61 Å². The van der Waals surface area contributed by atoms with Crippen LogP contribution in [-0.2, 0) is 26.2 Å². The maximum absolute atomic E-state index is 12.0. The Morgan fingerprint density at radius 1 is 0.907 bits per heavy atom. The number of imidazole rings is 1. The van der Waals surface area contributed by atoms with E-state index in [0.717, 1.165) is 33.1 Å². The lowest BCUT2D eigenvalue weighted by Gasteiger charge is -2.14. The number of nitrogens with zero attached hydrogens (tertiary/aromatic N) is 3. The molecule has 9 heteroatoms. The van der Waals surface area contributed by atoms with E-state index >= 15 is 0 Å². The van der Waals surface area contributed by atoms with Gasteiger partial charge in [-0.3, -0.25) is 4.79 Å². The number of fused-ring (bicyclic) bond motifs is 6. The van der Waals surface area contributed by atoms with Crippen LogP contribution in [0, 0.1) is 20.8 Å². The lowest BCUT2D eigenvalue weighted by Crippen LogP contribution is -2.35. The van der Waals surface area contributed by atoms with Crippen molar-refractivity contribution < 1.29 is 27.1 Å². The fourth-order valence-electron chi connectivity index (χ4n) is 6.23. The highest BCUT2D eigenvalue weighted by atomic mass is 32.2. The molecule has 0 saturated heterocycles. The number of benzene rings is 4. The Morgan fingerprint density at radius 3 is 2.26 bits per heavy atom. The van der Waals surface area contributed by atoms with Gasteiger partial charge in [0.05, 0.1) is 17.9 Å². The molecule has 2 heterocycles. The van der Waals surface area contributed by atoms with E-state index in [-0.39, 0.29) is 10.9 Å². The molecule has 0 aliphatic carbocycles. The van der Waals surface area contributed by atoms with Gasteiger partial charge in [0.1, 0.15) is 22.2 Å². The minimum atomic E-state index is -4.33. The van der Waals surface area contributed by atoms with E-state index in [0.29, 0.717) is 30.7 Å². The van der Waals surface area contributed by atoms with Crippen molar-refractivity contribution in [1.29, 1.82) is 0 Å². The molecule has 0 unspecified atom stereocenters. The largest absolute Gasteiger partial charge is 0.744 e. The van der Waals surface area contributed by atoms with E-state index in [1.165, 1.54) is 21.5 Å². The minimum absolute atomic E-state index is 0.0851. The third-order valence-corrected chi connectivity index (χ3v) is 8.92. The molecule has 2 aromatic heterocycles. The van der Waals surface area contributed by atoms with Crippen molar-refractivity contribution >= 4 is 65.2 Å². The standard InChI is InChI=1S/C25H20N3O2.C9H12O3S/c1-2-30-23(29)13-14-27-20-11-3-4-12-21(20)28-22(27)15-19-17-9-5-7-16-8-6-10-18(24(16)17)25(19)26-28;1-6-4-7(2)9(8(3)5-6)13(10,11)12/h3-12,15H,2,13-14H2,1H3;4-5H,1-3H3,(H,10,11,12)/q+1;/p-1. The zero-order valence-corrected chi connectivity index (χ0v) is 25.2. The first-order valence-corrected chi connectivity index (χ1v) is 15.6. The molecular formula is C34H31N3O5S. The van der Waals surface area contributed by atoms with E-state index in [1.807, 2.05) is 30.5 Å². The molecule has 0 saturated carbocycles. The van der Waals surface area contributed by atoms with Crippen LogP contribution < -0.4 is 4.57 Å². The number of aromatic nitrogens is 3. The summed E-state index contributed by atoms with van der Waals surface area (Å²) < 4.78 is 41.8. The average Bonchev–Trinajstić information content (AvgIpc) is 3.43. The Labute approximate surface area is 249 Å². The van der Waals surface area contributed by atoms with Crippen LogP contribution >= 0.6 is 0 Å². The molecule has 0 spiro atoms. The van der Waals surface area contributed by atoms with Gasteiger partial charge in [0.25, 0.3) is 0 Å². The molecule has 0 N–H and O–H groups in total. The predicted molar refractivity (Wildman–Crippen MR) is 166 cm³/mol. The van der Waals surface area contributed by atoms with Crippen molar-refractivity contribution in [1.82, 2.24) is 9.61 Å². The van der Waals surface area contributed by atoms with E-state index in [2.05, 4.69) is 59.2 Å². The number of aryl methyl sites for hydroxylation is 4. The lowest BCUT2D eigenvalue weighted by atomic mass is 10.1. The fourth-order valence-corrected chi connectivity index (χ4v) is 7.13. The molecule has 0 aliphatic rings. The maximum Gasteiger partial charge on any atom is 0.309 e. The molecule has 0 bridgehead atoms. The summed E-state index contributed by atoms with van der Waals surface area (Å²) in [5.41, 5.74) is 6.07. The number of ether oxygens (including phenoxy) is 1. The molecule has 5 aromatic carbocycles. The number of para-hydroxylation sites is 2. The summed E-state index contributed by atoms with van der Waals surface area (Å²) >= 11 is 0. The lowest BCUT2D eigenvalue weighted by molar-refractivity contribution is -0.645. The topological polar surface area (TPSA) is 105 Å². The SMILES string of the molecule is CCOC(=O)CC[n+]1c2ccccc2n2nc3c(cc21)c1cccc2cccc3c21.Cc1cc(C)c(S(=O)(=O)[O-])c(C)c1. The van der Waals surface area contributed by atoms with Crippen molar-refractivity contribution in [3.8, 4) is 0 Å². The van der Waals surface area contributed by atoms with Gasteiger partial charge in [0.2, 0.25) is 5.52 Å². The van der Waals surface area contributed by atoms with Crippen LogP contribution in [0.25, 0.3) is 49.1 Å². The van der Waals surface area contributed by atoms with Gasteiger partial charge in [-0.2, -0.15) is 0 Å². The number of hydrogen-bond donors (Lipinski definition) is 0. The summed E-state index contributed by atoms with van der Waals surface area (Å²) in [6, 6.07) is 26.6. The van der Waals surface area contributed by atoms with E-state index in [4.69, 9.17) is 9.84 Å². The van der Waals surface area contributed by atoms with Crippen LogP contribution in [-0.4, -0.2) is 35.2 Å². The fraction of sp³-hybridized carbons (Fsp3) is 0.206.